The summed E-state index contributed by atoms with van der Waals surface area (Å²) in [5, 5.41) is 13.8. The minimum atomic E-state index is -0.996. The summed E-state index contributed by atoms with van der Waals surface area (Å²) in [5.41, 5.74) is 7.00. The molecule has 1 aliphatic rings. The van der Waals surface area contributed by atoms with Crippen LogP contribution in [0, 0.1) is 5.82 Å². The molecule has 2 aromatic carbocycles. The lowest BCUT2D eigenvalue weighted by atomic mass is 9.62. The van der Waals surface area contributed by atoms with Crippen molar-refractivity contribution in [3.63, 3.8) is 0 Å². The first-order chi connectivity index (χ1) is 19.5. The van der Waals surface area contributed by atoms with Crippen molar-refractivity contribution in [3.05, 3.63) is 75.1 Å². The second-order valence-electron chi connectivity index (χ2n) is 9.93. The van der Waals surface area contributed by atoms with Gasteiger partial charge in [-0.1, -0.05) is 30.0 Å². The highest BCUT2D eigenvalue weighted by molar-refractivity contribution is 6.52. The third kappa shape index (κ3) is 7.07. The van der Waals surface area contributed by atoms with Gasteiger partial charge in [-0.05, 0) is 50.2 Å². The molecule has 1 saturated heterocycles. The number of nitrogens with zero attached hydrogens (tertiary/aromatic N) is 3. The number of anilines is 2. The van der Waals surface area contributed by atoms with Crippen molar-refractivity contribution in [1.82, 2.24) is 20.4 Å². The summed E-state index contributed by atoms with van der Waals surface area (Å²) in [4.78, 5) is 27.8. The fraction of sp³-hybridized carbons (Fsp3) is 0.333. The average molecular weight is 603 g/mol. The predicted molar refractivity (Wildman–Crippen MR) is 157 cm³/mol. The molecule has 1 aliphatic heterocycles. The Morgan fingerprint density at radius 1 is 1.15 bits per heavy atom. The Labute approximate surface area is 247 Å². The second kappa shape index (κ2) is 13.0. The van der Waals surface area contributed by atoms with Crippen LogP contribution in [0.4, 0.5) is 15.9 Å². The zero-order valence-corrected chi connectivity index (χ0v) is 24.5. The van der Waals surface area contributed by atoms with Crippen LogP contribution < -0.4 is 21.1 Å². The third-order valence-electron chi connectivity index (χ3n) is 6.67. The molecule has 0 radical (unpaired) electrons. The molecule has 1 aromatic heterocycles. The molecule has 10 nitrogen and oxygen atoms in total. The number of piperazine rings is 1. The lowest BCUT2D eigenvalue weighted by Gasteiger charge is -2.36. The van der Waals surface area contributed by atoms with Crippen LogP contribution in [-0.4, -0.2) is 66.1 Å². The molecular weight excluding hydrogens is 573 g/mol. The fourth-order valence-electron chi connectivity index (χ4n) is 4.61. The van der Waals surface area contributed by atoms with Crippen LogP contribution in [0.2, 0.25) is 16.9 Å². The first-order valence-electron chi connectivity index (χ1n) is 12.9. The van der Waals surface area contributed by atoms with Gasteiger partial charge in [0.25, 0.3) is 11.8 Å². The highest BCUT2D eigenvalue weighted by atomic mass is 35.5. The Morgan fingerprint density at radius 3 is 2.44 bits per heavy atom. The number of benzene rings is 2. The molecule has 216 valence electrons. The molecule has 41 heavy (non-hydrogen) atoms. The molecule has 3 aromatic rings. The minimum Gasteiger partial charge on any atom is -0.487 e. The fourth-order valence-corrected chi connectivity index (χ4v) is 5.19. The number of amides is 2. The molecule has 0 saturated carbocycles. The largest absolute Gasteiger partial charge is 0.487 e. The van der Waals surface area contributed by atoms with Crippen molar-refractivity contribution in [2.45, 2.75) is 38.8 Å². The number of nitrogen functional groups attached to an aromatic ring is 1. The zero-order valence-electron chi connectivity index (χ0n) is 23.0. The van der Waals surface area contributed by atoms with Crippen LogP contribution in [0.5, 0.6) is 5.75 Å². The van der Waals surface area contributed by atoms with Crippen LogP contribution in [0.25, 0.3) is 0 Å². The van der Waals surface area contributed by atoms with E-state index in [1.54, 1.807) is 31.1 Å². The second-order valence-corrected chi connectivity index (χ2v) is 10.7. The SMILES string of the molecule is COB(C)C(Oc1cc(C(=O)Nc2ccc(C(=O)N3C[C@@H](C)N[C@@H](C)C3)cc2)nnc1N)c1c(Cl)ccc(F)c1Cl. The Morgan fingerprint density at radius 2 is 1.80 bits per heavy atom. The van der Waals surface area contributed by atoms with Gasteiger partial charge >= 0.3 is 6.92 Å². The smallest absolute Gasteiger partial charge is 0.338 e. The molecule has 2 amide bonds. The van der Waals surface area contributed by atoms with Gasteiger partial charge in [0.2, 0.25) is 0 Å². The van der Waals surface area contributed by atoms with Crippen molar-refractivity contribution in [2.24, 2.45) is 0 Å². The Hall–Kier alpha value is -3.45. The first kappa shape index (κ1) is 30.5. The highest BCUT2D eigenvalue weighted by Gasteiger charge is 2.32. The zero-order chi connectivity index (χ0) is 29.8. The summed E-state index contributed by atoms with van der Waals surface area (Å²) >= 11 is 12.5. The summed E-state index contributed by atoms with van der Waals surface area (Å²) in [6.45, 7) is 6.33. The summed E-state index contributed by atoms with van der Waals surface area (Å²) in [6, 6.07) is 9.78. The molecule has 14 heteroatoms. The average Bonchev–Trinajstić information content (AvgIpc) is 2.94. The number of nitrogens with one attached hydrogen (secondary N) is 2. The molecular formula is C27H30BCl2FN6O4. The normalized spacial score (nSPS) is 17.6. The monoisotopic (exact) mass is 602 g/mol. The molecule has 4 N–H and O–H groups in total. The first-order valence-corrected chi connectivity index (χ1v) is 13.7. The minimum absolute atomic E-state index is 0.00383. The molecule has 1 unspecified atom stereocenters. The number of hydrogen-bond acceptors (Lipinski definition) is 8. The lowest BCUT2D eigenvalue weighted by Crippen LogP contribution is -2.55. The van der Waals surface area contributed by atoms with Crippen LogP contribution in [0.3, 0.4) is 0 Å². The lowest BCUT2D eigenvalue weighted by molar-refractivity contribution is 0.0673. The van der Waals surface area contributed by atoms with E-state index in [0.717, 1.165) is 6.07 Å². The maximum absolute atomic E-state index is 14.3. The summed E-state index contributed by atoms with van der Waals surface area (Å²) in [6.07, 6.45) is 0. The van der Waals surface area contributed by atoms with E-state index < -0.39 is 24.6 Å². The maximum Gasteiger partial charge on any atom is 0.338 e. The van der Waals surface area contributed by atoms with E-state index >= 15 is 0 Å². The third-order valence-corrected chi connectivity index (χ3v) is 7.38. The Bertz CT molecular complexity index is 1420. The number of carbonyl (C=O) groups excluding carboxylic acids is 2. The number of nitrogens with two attached hydrogens (primary N) is 1. The van der Waals surface area contributed by atoms with Crippen LogP contribution in [0.15, 0.2) is 42.5 Å². The van der Waals surface area contributed by atoms with Crippen molar-refractivity contribution in [2.75, 3.05) is 31.2 Å². The van der Waals surface area contributed by atoms with Gasteiger partial charge in [-0.15, -0.1) is 10.2 Å². The molecule has 0 bridgehead atoms. The maximum atomic E-state index is 14.3. The van der Waals surface area contributed by atoms with E-state index in [1.165, 1.54) is 19.2 Å². The van der Waals surface area contributed by atoms with E-state index in [1.807, 2.05) is 18.7 Å². The number of hydrogen-bond donors (Lipinski definition) is 3. The summed E-state index contributed by atoms with van der Waals surface area (Å²) < 4.78 is 25.7. The summed E-state index contributed by atoms with van der Waals surface area (Å²) in [7, 11) is 1.44. The van der Waals surface area contributed by atoms with Crippen molar-refractivity contribution in [3.8, 4) is 5.75 Å². The Kier molecular flexibility index (Phi) is 9.70. The number of rotatable bonds is 8. The number of ether oxygens (including phenoxy) is 1. The van der Waals surface area contributed by atoms with Crippen molar-refractivity contribution >= 4 is 53.4 Å². The van der Waals surface area contributed by atoms with Crippen LogP contribution in [-0.2, 0) is 4.65 Å². The highest BCUT2D eigenvalue weighted by Crippen LogP contribution is 2.37. The van der Waals surface area contributed by atoms with Crippen LogP contribution in [0.1, 0.15) is 46.3 Å². The quantitative estimate of drug-likeness (QED) is 0.253. The van der Waals surface area contributed by atoms with E-state index in [-0.39, 0.29) is 50.9 Å². The van der Waals surface area contributed by atoms with E-state index in [0.29, 0.717) is 24.3 Å². The molecule has 4 rings (SSSR count). The Balaban J connectivity index is 1.51. The molecule has 1 fully saturated rings. The molecule has 0 aliphatic carbocycles. The molecule has 2 heterocycles. The van der Waals surface area contributed by atoms with Crippen molar-refractivity contribution in [1.29, 1.82) is 0 Å². The van der Waals surface area contributed by atoms with Gasteiger partial charge < -0.3 is 30.7 Å². The predicted octanol–water partition coefficient (Wildman–Crippen LogP) is 4.51. The van der Waals surface area contributed by atoms with Crippen molar-refractivity contribution < 1.29 is 23.4 Å². The van der Waals surface area contributed by atoms with E-state index in [2.05, 4.69) is 20.8 Å². The standard InChI is InChI=1S/C27H30BCl2FN6O4/c1-14-12-37(13-15(2)33-14)27(39)16-5-7-17(8-6-16)34-26(38)20-11-21(25(32)36-35-20)41-24(28(3)40-4)22-18(29)9-10-19(31)23(22)30/h5-11,14-15,24,33H,12-13H2,1-4H3,(H2,32,36)(H,34,38)/t14-,15+,24?. The molecule has 0 spiro atoms. The number of carbonyl (C=O) groups is 2. The van der Waals surface area contributed by atoms with Gasteiger partial charge in [-0.25, -0.2) is 4.39 Å². The number of halogens is 3. The van der Waals surface area contributed by atoms with Gasteiger partial charge in [-0.2, -0.15) is 0 Å². The van der Waals surface area contributed by atoms with Gasteiger partial charge in [0.1, 0.15) is 11.8 Å². The van der Waals surface area contributed by atoms with E-state index in [9.17, 15) is 14.0 Å². The topological polar surface area (TPSA) is 132 Å². The van der Waals surface area contributed by atoms with Gasteiger partial charge in [-0.3, -0.25) is 9.59 Å². The molecule has 3 atom stereocenters. The van der Waals surface area contributed by atoms with Crippen LogP contribution >= 0.6 is 23.2 Å². The van der Waals surface area contributed by atoms with Gasteiger partial charge in [0.05, 0.1) is 5.02 Å². The van der Waals surface area contributed by atoms with E-state index in [4.69, 9.17) is 38.3 Å². The number of aromatic nitrogens is 2. The summed E-state index contributed by atoms with van der Waals surface area (Å²) in [5.74, 6) is -1.47. The van der Waals surface area contributed by atoms with Gasteiger partial charge in [0, 0.05) is 60.2 Å². The van der Waals surface area contributed by atoms with Gasteiger partial charge in [0.15, 0.2) is 17.3 Å².